The molecular weight excluding hydrogens is 252 g/mol. The first-order chi connectivity index (χ1) is 9.77. The number of furan rings is 1. The molecule has 0 aliphatic heterocycles. The van der Waals surface area contributed by atoms with Gasteiger partial charge in [0.2, 0.25) is 0 Å². The number of carboxylic acid groups (broad SMARTS) is 1. The third-order valence-electron chi connectivity index (χ3n) is 3.12. The quantitative estimate of drug-likeness (QED) is 0.766. The highest BCUT2D eigenvalue weighted by atomic mass is 16.4. The summed E-state index contributed by atoms with van der Waals surface area (Å²) in [6.45, 7) is 0. The van der Waals surface area contributed by atoms with Crippen LogP contribution in [0, 0.1) is 0 Å². The first-order valence-electron chi connectivity index (χ1n) is 6.23. The molecule has 1 aromatic heterocycles. The summed E-state index contributed by atoms with van der Waals surface area (Å²) in [5.41, 5.74) is 2.48. The Kier molecular flexibility index (Phi) is 3.09. The molecule has 0 amide bonds. The molecule has 0 bridgehead atoms. The summed E-state index contributed by atoms with van der Waals surface area (Å²) in [6.07, 6.45) is 1.30. The molecule has 0 aliphatic rings. The molecule has 3 rings (SSSR count). The van der Waals surface area contributed by atoms with Gasteiger partial charge in [0, 0.05) is 11.1 Å². The number of benzene rings is 2. The van der Waals surface area contributed by atoms with Crippen molar-refractivity contribution in [1.29, 1.82) is 0 Å². The van der Waals surface area contributed by atoms with Crippen LogP contribution in [-0.4, -0.2) is 11.1 Å². The lowest BCUT2D eigenvalue weighted by atomic mass is 9.98. The van der Waals surface area contributed by atoms with Crippen LogP contribution < -0.4 is 0 Å². The fourth-order valence-electron chi connectivity index (χ4n) is 2.21. The van der Waals surface area contributed by atoms with E-state index in [0.29, 0.717) is 11.3 Å². The average Bonchev–Trinajstić information content (AvgIpc) is 2.94. The highest BCUT2D eigenvalue weighted by Crippen LogP contribution is 2.36. The van der Waals surface area contributed by atoms with E-state index < -0.39 is 5.97 Å². The van der Waals surface area contributed by atoms with E-state index in [1.807, 2.05) is 60.7 Å². The number of hydrogen-bond donors (Lipinski definition) is 1. The molecule has 0 saturated carbocycles. The van der Waals surface area contributed by atoms with Crippen LogP contribution in [0.25, 0.3) is 22.5 Å². The molecule has 1 N–H and O–H groups in total. The third-order valence-corrected chi connectivity index (χ3v) is 3.12. The first kappa shape index (κ1) is 12.2. The van der Waals surface area contributed by atoms with Gasteiger partial charge in [0.1, 0.15) is 17.6 Å². The molecule has 20 heavy (non-hydrogen) atoms. The largest absolute Gasteiger partial charge is 0.478 e. The summed E-state index contributed by atoms with van der Waals surface area (Å²) in [5.74, 6) is -0.413. The second-order valence-electron chi connectivity index (χ2n) is 4.39. The smallest absolute Gasteiger partial charge is 0.339 e. The first-order valence-corrected chi connectivity index (χ1v) is 6.23. The van der Waals surface area contributed by atoms with Crippen LogP contribution in [-0.2, 0) is 0 Å². The molecule has 3 nitrogen and oxygen atoms in total. The predicted molar refractivity (Wildman–Crippen MR) is 76.5 cm³/mol. The van der Waals surface area contributed by atoms with Crippen molar-refractivity contribution in [2.24, 2.45) is 0 Å². The van der Waals surface area contributed by atoms with Gasteiger partial charge in [0.25, 0.3) is 0 Å². The van der Waals surface area contributed by atoms with Crippen molar-refractivity contribution in [2.45, 2.75) is 0 Å². The van der Waals surface area contributed by atoms with Gasteiger partial charge in [-0.15, -0.1) is 0 Å². The van der Waals surface area contributed by atoms with E-state index in [9.17, 15) is 9.90 Å². The van der Waals surface area contributed by atoms with Crippen LogP contribution in [0.5, 0.6) is 0 Å². The van der Waals surface area contributed by atoms with Crippen molar-refractivity contribution in [1.82, 2.24) is 0 Å². The molecule has 0 atom stereocenters. The standard InChI is InChI=1S/C17H12O3/c18-17(19)14-11-20-16(13-9-5-2-6-10-13)15(14)12-7-3-1-4-8-12/h1-11H,(H,18,19). The molecule has 0 saturated heterocycles. The van der Waals surface area contributed by atoms with Gasteiger partial charge in [-0.3, -0.25) is 0 Å². The third kappa shape index (κ3) is 2.10. The summed E-state index contributed by atoms with van der Waals surface area (Å²) in [4.78, 5) is 11.4. The molecule has 0 unspecified atom stereocenters. The van der Waals surface area contributed by atoms with E-state index in [2.05, 4.69) is 0 Å². The van der Waals surface area contributed by atoms with Crippen molar-refractivity contribution >= 4 is 5.97 Å². The average molecular weight is 264 g/mol. The van der Waals surface area contributed by atoms with E-state index in [4.69, 9.17) is 4.42 Å². The summed E-state index contributed by atoms with van der Waals surface area (Å²) in [5, 5.41) is 9.33. The summed E-state index contributed by atoms with van der Waals surface area (Å²) in [6, 6.07) is 18.9. The fourth-order valence-corrected chi connectivity index (χ4v) is 2.21. The Bertz CT molecular complexity index is 727. The maximum atomic E-state index is 11.4. The predicted octanol–water partition coefficient (Wildman–Crippen LogP) is 4.31. The van der Waals surface area contributed by atoms with Crippen LogP contribution in [0.1, 0.15) is 10.4 Å². The van der Waals surface area contributed by atoms with Gasteiger partial charge in [-0.25, -0.2) is 4.79 Å². The normalized spacial score (nSPS) is 10.4. The summed E-state index contributed by atoms with van der Waals surface area (Å²) < 4.78 is 5.52. The molecular formula is C17H12O3. The molecule has 0 fully saturated rings. The SMILES string of the molecule is O=C(O)c1coc(-c2ccccc2)c1-c1ccccc1. The molecule has 3 heteroatoms. The Hall–Kier alpha value is -2.81. The lowest BCUT2D eigenvalue weighted by Crippen LogP contribution is -1.96. The second-order valence-corrected chi connectivity index (χ2v) is 4.39. The number of aromatic carboxylic acids is 1. The number of hydrogen-bond acceptors (Lipinski definition) is 2. The summed E-state index contributed by atoms with van der Waals surface area (Å²) in [7, 11) is 0. The van der Waals surface area contributed by atoms with Crippen LogP contribution in [0.4, 0.5) is 0 Å². The van der Waals surface area contributed by atoms with Gasteiger partial charge in [0.05, 0.1) is 0 Å². The molecule has 0 aliphatic carbocycles. The van der Waals surface area contributed by atoms with E-state index in [1.54, 1.807) is 0 Å². The van der Waals surface area contributed by atoms with Crippen LogP contribution in [0.3, 0.4) is 0 Å². The maximum Gasteiger partial charge on any atom is 0.339 e. The Labute approximate surface area is 116 Å². The van der Waals surface area contributed by atoms with Crippen molar-refractivity contribution < 1.29 is 14.3 Å². The van der Waals surface area contributed by atoms with Gasteiger partial charge in [-0.2, -0.15) is 0 Å². The van der Waals surface area contributed by atoms with Crippen LogP contribution in [0.2, 0.25) is 0 Å². The number of rotatable bonds is 3. The van der Waals surface area contributed by atoms with Crippen molar-refractivity contribution in [3.8, 4) is 22.5 Å². The zero-order chi connectivity index (χ0) is 13.9. The molecule has 2 aromatic carbocycles. The molecule has 1 heterocycles. The van der Waals surface area contributed by atoms with E-state index in [1.165, 1.54) is 6.26 Å². The van der Waals surface area contributed by atoms with Crippen LogP contribution >= 0.6 is 0 Å². The zero-order valence-electron chi connectivity index (χ0n) is 10.6. The minimum atomic E-state index is -0.991. The van der Waals surface area contributed by atoms with Crippen molar-refractivity contribution in [3.63, 3.8) is 0 Å². The minimum Gasteiger partial charge on any atom is -0.478 e. The zero-order valence-corrected chi connectivity index (χ0v) is 10.6. The lowest BCUT2D eigenvalue weighted by Gasteiger charge is -2.04. The Morgan fingerprint density at radius 2 is 1.40 bits per heavy atom. The fraction of sp³-hybridized carbons (Fsp3) is 0. The Balaban J connectivity index is 2.25. The number of carboxylic acids is 1. The lowest BCUT2D eigenvalue weighted by molar-refractivity contribution is 0.0697. The summed E-state index contributed by atoms with van der Waals surface area (Å²) >= 11 is 0. The van der Waals surface area contributed by atoms with Crippen molar-refractivity contribution in [3.05, 3.63) is 72.5 Å². The molecule has 0 spiro atoms. The minimum absolute atomic E-state index is 0.176. The Morgan fingerprint density at radius 1 is 0.850 bits per heavy atom. The van der Waals surface area contributed by atoms with E-state index >= 15 is 0 Å². The second kappa shape index (κ2) is 5.05. The Morgan fingerprint density at radius 3 is 1.95 bits per heavy atom. The highest BCUT2D eigenvalue weighted by Gasteiger charge is 2.21. The monoisotopic (exact) mass is 264 g/mol. The van der Waals surface area contributed by atoms with E-state index in [-0.39, 0.29) is 5.56 Å². The van der Waals surface area contributed by atoms with Gasteiger partial charge in [-0.1, -0.05) is 60.7 Å². The highest BCUT2D eigenvalue weighted by molar-refractivity contribution is 6.00. The van der Waals surface area contributed by atoms with Gasteiger partial charge < -0.3 is 9.52 Å². The molecule has 98 valence electrons. The van der Waals surface area contributed by atoms with Crippen LogP contribution in [0.15, 0.2) is 71.3 Å². The van der Waals surface area contributed by atoms with Crippen molar-refractivity contribution in [2.75, 3.05) is 0 Å². The van der Waals surface area contributed by atoms with Gasteiger partial charge in [-0.05, 0) is 5.56 Å². The maximum absolute atomic E-state index is 11.4. The molecule has 3 aromatic rings. The topological polar surface area (TPSA) is 50.4 Å². The van der Waals surface area contributed by atoms with Gasteiger partial charge >= 0.3 is 5.97 Å². The number of carbonyl (C=O) groups is 1. The van der Waals surface area contributed by atoms with E-state index in [0.717, 1.165) is 11.1 Å². The van der Waals surface area contributed by atoms with Gasteiger partial charge in [0.15, 0.2) is 0 Å². The molecule has 0 radical (unpaired) electrons.